The molecule has 0 radical (unpaired) electrons. The van der Waals surface area contributed by atoms with E-state index in [1.54, 1.807) is 19.1 Å². The van der Waals surface area contributed by atoms with E-state index in [0.717, 1.165) is 36.9 Å². The first-order valence-electron chi connectivity index (χ1n) is 7.64. The molecule has 1 aliphatic heterocycles. The third-order valence-electron chi connectivity index (χ3n) is 3.95. The molecule has 1 atom stereocenters. The van der Waals surface area contributed by atoms with E-state index in [1.807, 2.05) is 6.07 Å². The largest absolute Gasteiger partial charge is 0.479 e. The summed E-state index contributed by atoms with van der Waals surface area (Å²) < 4.78 is 6.55. The number of amides is 1. The highest BCUT2D eigenvalue weighted by atomic mass is 79.9. The molecular weight excluding hydrogens is 368 g/mol. The van der Waals surface area contributed by atoms with Crippen LogP contribution in [0.5, 0.6) is 5.75 Å². The Bertz CT molecular complexity index is 519. The van der Waals surface area contributed by atoms with Gasteiger partial charge in [0.2, 0.25) is 0 Å². The van der Waals surface area contributed by atoms with Crippen molar-refractivity contribution in [2.24, 2.45) is 0 Å². The summed E-state index contributed by atoms with van der Waals surface area (Å²) >= 11 is 9.45. The number of nitrogens with one attached hydrogen (secondary N) is 1. The highest BCUT2D eigenvalue weighted by molar-refractivity contribution is 9.10. The minimum Gasteiger partial charge on any atom is -0.479 e. The Balaban J connectivity index is 1.84. The number of benzene rings is 1. The summed E-state index contributed by atoms with van der Waals surface area (Å²) in [5, 5.41) is 3.56. The van der Waals surface area contributed by atoms with Gasteiger partial charge in [-0.2, -0.15) is 0 Å². The molecule has 0 bridgehead atoms. The van der Waals surface area contributed by atoms with Crippen molar-refractivity contribution in [2.75, 3.05) is 19.6 Å². The van der Waals surface area contributed by atoms with Crippen LogP contribution in [0.1, 0.15) is 26.7 Å². The lowest BCUT2D eigenvalue weighted by Gasteiger charge is -2.32. The molecule has 0 saturated carbocycles. The van der Waals surface area contributed by atoms with E-state index in [-0.39, 0.29) is 11.9 Å². The maximum absolute atomic E-state index is 12.2. The fourth-order valence-corrected chi connectivity index (χ4v) is 3.24. The third-order valence-corrected chi connectivity index (χ3v) is 4.74. The zero-order chi connectivity index (χ0) is 16.1. The number of ether oxygens (including phenoxy) is 1. The number of likely N-dealkylation sites (tertiary alicyclic amines) is 1. The van der Waals surface area contributed by atoms with Gasteiger partial charge in [0.05, 0.1) is 5.02 Å². The van der Waals surface area contributed by atoms with Gasteiger partial charge in [-0.15, -0.1) is 0 Å². The van der Waals surface area contributed by atoms with Gasteiger partial charge in [0, 0.05) is 23.6 Å². The lowest BCUT2D eigenvalue weighted by molar-refractivity contribution is -0.128. The van der Waals surface area contributed by atoms with Crippen LogP contribution in [0, 0.1) is 0 Å². The van der Waals surface area contributed by atoms with Crippen LogP contribution in [0.4, 0.5) is 0 Å². The molecule has 2 rings (SSSR count). The van der Waals surface area contributed by atoms with Gasteiger partial charge in [-0.3, -0.25) is 4.79 Å². The van der Waals surface area contributed by atoms with E-state index in [4.69, 9.17) is 16.3 Å². The van der Waals surface area contributed by atoms with Gasteiger partial charge in [-0.25, -0.2) is 0 Å². The van der Waals surface area contributed by atoms with Crippen LogP contribution < -0.4 is 10.1 Å². The van der Waals surface area contributed by atoms with E-state index in [2.05, 4.69) is 33.1 Å². The van der Waals surface area contributed by atoms with E-state index in [0.29, 0.717) is 10.8 Å². The van der Waals surface area contributed by atoms with Crippen molar-refractivity contribution < 1.29 is 9.53 Å². The molecule has 0 aromatic heterocycles. The molecular formula is C16H22BrClN2O2. The minimum absolute atomic E-state index is 0.0890. The summed E-state index contributed by atoms with van der Waals surface area (Å²) in [5.41, 5.74) is 0. The van der Waals surface area contributed by atoms with E-state index in [1.165, 1.54) is 0 Å². The normalized spacial score (nSPS) is 18.0. The molecule has 22 heavy (non-hydrogen) atoms. The predicted molar refractivity (Wildman–Crippen MR) is 92.5 cm³/mol. The van der Waals surface area contributed by atoms with Crippen molar-refractivity contribution in [1.82, 2.24) is 10.2 Å². The van der Waals surface area contributed by atoms with Gasteiger partial charge >= 0.3 is 0 Å². The monoisotopic (exact) mass is 388 g/mol. The standard InChI is InChI=1S/C16H22BrClN2O2/c1-3-20-8-6-13(7-9-20)19-16(21)11(2)22-15-5-4-12(17)10-14(15)18/h4-5,10-11,13H,3,6-9H2,1-2H3,(H,19,21)/t11-/m0/s1. The van der Waals surface area contributed by atoms with Crippen LogP contribution in [0.2, 0.25) is 5.02 Å². The van der Waals surface area contributed by atoms with Crippen molar-refractivity contribution in [3.8, 4) is 5.75 Å². The molecule has 0 aliphatic carbocycles. The van der Waals surface area contributed by atoms with E-state index >= 15 is 0 Å². The maximum atomic E-state index is 12.2. The maximum Gasteiger partial charge on any atom is 0.260 e. The van der Waals surface area contributed by atoms with Crippen LogP contribution in [0.25, 0.3) is 0 Å². The number of hydrogen-bond acceptors (Lipinski definition) is 3. The zero-order valence-electron chi connectivity index (χ0n) is 12.9. The Morgan fingerprint density at radius 2 is 2.18 bits per heavy atom. The SMILES string of the molecule is CCN1CCC(NC(=O)[C@H](C)Oc2ccc(Br)cc2Cl)CC1. The van der Waals surface area contributed by atoms with Crippen LogP contribution >= 0.6 is 27.5 Å². The molecule has 1 saturated heterocycles. The number of piperidine rings is 1. The van der Waals surface area contributed by atoms with Crippen LogP contribution in [0.15, 0.2) is 22.7 Å². The lowest BCUT2D eigenvalue weighted by atomic mass is 10.0. The first-order valence-corrected chi connectivity index (χ1v) is 8.81. The molecule has 122 valence electrons. The number of halogens is 2. The smallest absolute Gasteiger partial charge is 0.260 e. The molecule has 1 N–H and O–H groups in total. The van der Waals surface area contributed by atoms with Crippen molar-refractivity contribution in [1.29, 1.82) is 0 Å². The Kier molecular flexibility index (Phi) is 6.53. The molecule has 6 heteroatoms. The highest BCUT2D eigenvalue weighted by Gasteiger charge is 2.23. The number of nitrogens with zero attached hydrogens (tertiary/aromatic N) is 1. The molecule has 4 nitrogen and oxygen atoms in total. The van der Waals surface area contributed by atoms with E-state index < -0.39 is 6.10 Å². The summed E-state index contributed by atoms with van der Waals surface area (Å²) in [5.74, 6) is 0.433. The van der Waals surface area contributed by atoms with Crippen molar-refractivity contribution in [3.63, 3.8) is 0 Å². The second-order valence-electron chi connectivity index (χ2n) is 5.55. The fraction of sp³-hybridized carbons (Fsp3) is 0.562. The van der Waals surface area contributed by atoms with Crippen molar-refractivity contribution in [2.45, 2.75) is 38.8 Å². The Morgan fingerprint density at radius 3 is 2.77 bits per heavy atom. The number of rotatable bonds is 5. The molecule has 1 aromatic carbocycles. The number of carbonyl (C=O) groups is 1. The number of hydrogen-bond donors (Lipinski definition) is 1. The van der Waals surface area contributed by atoms with Crippen LogP contribution in [0.3, 0.4) is 0 Å². The van der Waals surface area contributed by atoms with Gasteiger partial charge in [0.15, 0.2) is 6.10 Å². The second kappa shape index (κ2) is 8.18. The Morgan fingerprint density at radius 1 is 1.50 bits per heavy atom. The molecule has 0 spiro atoms. The predicted octanol–water partition coefficient (Wildman–Crippen LogP) is 3.47. The molecule has 0 unspecified atom stereocenters. The van der Waals surface area contributed by atoms with Gasteiger partial charge in [0.25, 0.3) is 5.91 Å². The topological polar surface area (TPSA) is 41.6 Å². The number of carbonyl (C=O) groups excluding carboxylic acids is 1. The summed E-state index contributed by atoms with van der Waals surface area (Å²) in [6, 6.07) is 5.59. The van der Waals surface area contributed by atoms with Crippen LogP contribution in [-0.2, 0) is 4.79 Å². The van der Waals surface area contributed by atoms with Gasteiger partial charge < -0.3 is 15.0 Å². The summed E-state index contributed by atoms with van der Waals surface area (Å²) in [7, 11) is 0. The first kappa shape index (κ1) is 17.6. The minimum atomic E-state index is -0.567. The molecule has 1 heterocycles. The molecule has 1 fully saturated rings. The second-order valence-corrected chi connectivity index (χ2v) is 6.87. The molecule has 1 amide bonds. The van der Waals surface area contributed by atoms with Gasteiger partial charge in [0.1, 0.15) is 5.75 Å². The quantitative estimate of drug-likeness (QED) is 0.838. The average molecular weight is 390 g/mol. The molecule has 1 aromatic rings. The third kappa shape index (κ3) is 4.86. The fourth-order valence-electron chi connectivity index (χ4n) is 2.53. The zero-order valence-corrected chi connectivity index (χ0v) is 15.3. The van der Waals surface area contributed by atoms with E-state index in [9.17, 15) is 4.79 Å². The molecule has 1 aliphatic rings. The van der Waals surface area contributed by atoms with Crippen molar-refractivity contribution >= 4 is 33.4 Å². The average Bonchev–Trinajstić information content (AvgIpc) is 2.50. The first-order chi connectivity index (χ1) is 10.5. The van der Waals surface area contributed by atoms with Gasteiger partial charge in [-0.05, 0) is 44.5 Å². The summed E-state index contributed by atoms with van der Waals surface area (Å²) in [6.45, 7) is 7.05. The van der Waals surface area contributed by atoms with Gasteiger partial charge in [-0.1, -0.05) is 34.5 Å². The lowest BCUT2D eigenvalue weighted by Crippen LogP contribution is -2.48. The Labute approximate surface area is 145 Å². The van der Waals surface area contributed by atoms with Crippen molar-refractivity contribution in [3.05, 3.63) is 27.7 Å². The summed E-state index contributed by atoms with van der Waals surface area (Å²) in [6.07, 6.45) is 1.42. The van der Waals surface area contributed by atoms with Crippen LogP contribution in [-0.4, -0.2) is 42.6 Å². The highest BCUT2D eigenvalue weighted by Crippen LogP contribution is 2.28. The Hall–Kier alpha value is -0.780. The summed E-state index contributed by atoms with van der Waals surface area (Å²) in [4.78, 5) is 14.6.